The Labute approximate surface area is 189 Å². The molecule has 0 radical (unpaired) electrons. The van der Waals surface area contributed by atoms with E-state index in [0.29, 0.717) is 23.1 Å². The first-order valence-corrected chi connectivity index (χ1v) is 10.2. The van der Waals surface area contributed by atoms with Gasteiger partial charge in [-0.1, -0.05) is 18.2 Å². The number of anilines is 5. The van der Waals surface area contributed by atoms with E-state index < -0.39 is 11.9 Å². The molecule has 1 unspecified atom stereocenters. The molecule has 0 spiro atoms. The lowest BCUT2D eigenvalue weighted by atomic mass is 10.2. The van der Waals surface area contributed by atoms with E-state index in [1.165, 1.54) is 18.5 Å². The van der Waals surface area contributed by atoms with E-state index in [1.54, 1.807) is 55.6 Å². The molecule has 1 amide bonds. The van der Waals surface area contributed by atoms with Crippen molar-refractivity contribution in [1.29, 1.82) is 0 Å². The van der Waals surface area contributed by atoms with Crippen LogP contribution in [0.1, 0.15) is 6.92 Å². The minimum atomic E-state index is -0.870. The summed E-state index contributed by atoms with van der Waals surface area (Å²) in [4.78, 5) is 25.0. The highest BCUT2D eigenvalue weighted by Crippen LogP contribution is 2.21. The molecule has 0 aliphatic heterocycles. The third-order valence-electron chi connectivity index (χ3n) is 4.52. The summed E-state index contributed by atoms with van der Waals surface area (Å²) in [7, 11) is 0. The molecule has 0 saturated carbocycles. The molecular formula is C24H21FN6O2. The number of benzene rings is 2. The monoisotopic (exact) mass is 444 g/mol. The molecule has 0 aliphatic rings. The molecule has 1 atom stereocenters. The first-order valence-electron chi connectivity index (χ1n) is 10.2. The van der Waals surface area contributed by atoms with Gasteiger partial charge in [0.15, 0.2) is 17.7 Å². The van der Waals surface area contributed by atoms with E-state index >= 15 is 0 Å². The van der Waals surface area contributed by atoms with Crippen LogP contribution >= 0.6 is 0 Å². The Morgan fingerprint density at radius 1 is 0.848 bits per heavy atom. The van der Waals surface area contributed by atoms with Crippen molar-refractivity contribution in [3.8, 4) is 5.75 Å². The zero-order chi connectivity index (χ0) is 23.0. The molecule has 4 aromatic rings. The molecule has 3 N–H and O–H groups in total. The predicted molar refractivity (Wildman–Crippen MR) is 124 cm³/mol. The van der Waals surface area contributed by atoms with Crippen LogP contribution in [0.25, 0.3) is 0 Å². The third-order valence-corrected chi connectivity index (χ3v) is 4.52. The SMILES string of the molecule is CC(Oc1ccccc1F)C(=O)Nc1ccc(Nc2cc(Nc3ccccn3)ncn2)cc1. The Kier molecular flexibility index (Phi) is 6.70. The summed E-state index contributed by atoms with van der Waals surface area (Å²) in [6.45, 7) is 1.56. The van der Waals surface area contributed by atoms with Crippen LogP contribution in [-0.2, 0) is 4.79 Å². The van der Waals surface area contributed by atoms with Crippen LogP contribution in [0.5, 0.6) is 5.75 Å². The average Bonchev–Trinajstić information content (AvgIpc) is 2.83. The van der Waals surface area contributed by atoms with Gasteiger partial charge in [0, 0.05) is 23.6 Å². The second-order valence-corrected chi connectivity index (χ2v) is 7.01. The number of hydrogen-bond acceptors (Lipinski definition) is 7. The van der Waals surface area contributed by atoms with Crippen LogP contribution in [0.15, 0.2) is 85.3 Å². The van der Waals surface area contributed by atoms with Crippen molar-refractivity contribution in [2.24, 2.45) is 0 Å². The van der Waals surface area contributed by atoms with Gasteiger partial charge < -0.3 is 20.7 Å². The summed E-state index contributed by atoms with van der Waals surface area (Å²) in [5.74, 6) is 0.985. The lowest BCUT2D eigenvalue weighted by Crippen LogP contribution is -2.30. The average molecular weight is 444 g/mol. The largest absolute Gasteiger partial charge is 0.478 e. The second-order valence-electron chi connectivity index (χ2n) is 7.01. The molecule has 4 rings (SSSR count). The van der Waals surface area contributed by atoms with Crippen molar-refractivity contribution in [2.75, 3.05) is 16.0 Å². The number of pyridine rings is 1. The van der Waals surface area contributed by atoms with Crippen molar-refractivity contribution in [1.82, 2.24) is 15.0 Å². The molecule has 166 valence electrons. The molecule has 0 fully saturated rings. The van der Waals surface area contributed by atoms with E-state index in [4.69, 9.17) is 4.74 Å². The maximum Gasteiger partial charge on any atom is 0.265 e. The van der Waals surface area contributed by atoms with Crippen LogP contribution in [-0.4, -0.2) is 27.0 Å². The molecular weight excluding hydrogens is 423 g/mol. The standard InChI is InChI=1S/C24H21FN6O2/c1-16(33-20-7-3-2-6-19(20)25)24(32)30-18-11-9-17(10-12-18)29-22-14-23(28-15-27-22)31-21-8-4-5-13-26-21/h2-16H,1H3,(H,30,32)(H2,26,27,28,29,31). The normalized spacial score (nSPS) is 11.3. The number of nitrogens with zero attached hydrogens (tertiary/aromatic N) is 3. The summed E-state index contributed by atoms with van der Waals surface area (Å²) in [6, 6.07) is 20.3. The highest BCUT2D eigenvalue weighted by Gasteiger charge is 2.16. The zero-order valence-electron chi connectivity index (χ0n) is 17.7. The Hall–Kier alpha value is -4.53. The number of ether oxygens (including phenoxy) is 1. The van der Waals surface area contributed by atoms with E-state index in [-0.39, 0.29) is 11.7 Å². The first kappa shape index (κ1) is 21.7. The van der Waals surface area contributed by atoms with Crippen molar-refractivity contribution < 1.29 is 13.9 Å². The zero-order valence-corrected chi connectivity index (χ0v) is 17.7. The Morgan fingerprint density at radius 3 is 2.27 bits per heavy atom. The van der Waals surface area contributed by atoms with Gasteiger partial charge >= 0.3 is 0 Å². The topological polar surface area (TPSA) is 101 Å². The summed E-state index contributed by atoms with van der Waals surface area (Å²) in [5.41, 5.74) is 1.35. The number of rotatable bonds is 8. The summed E-state index contributed by atoms with van der Waals surface area (Å²) in [5, 5.41) is 9.04. The van der Waals surface area contributed by atoms with Crippen molar-refractivity contribution in [3.05, 3.63) is 91.1 Å². The highest BCUT2D eigenvalue weighted by molar-refractivity contribution is 5.94. The van der Waals surface area contributed by atoms with Gasteiger partial charge in [-0.15, -0.1) is 0 Å². The number of carbonyl (C=O) groups is 1. The maximum atomic E-state index is 13.7. The molecule has 2 aromatic carbocycles. The van der Waals surface area contributed by atoms with Gasteiger partial charge in [-0.25, -0.2) is 19.3 Å². The van der Waals surface area contributed by atoms with E-state index in [1.807, 2.05) is 18.2 Å². The predicted octanol–water partition coefficient (Wildman–Crippen LogP) is 4.90. The van der Waals surface area contributed by atoms with Crippen LogP contribution < -0.4 is 20.7 Å². The third kappa shape index (κ3) is 6.01. The number of amides is 1. The Morgan fingerprint density at radius 2 is 1.55 bits per heavy atom. The van der Waals surface area contributed by atoms with Crippen LogP contribution in [0.3, 0.4) is 0 Å². The van der Waals surface area contributed by atoms with Crippen molar-refractivity contribution in [2.45, 2.75) is 13.0 Å². The van der Waals surface area contributed by atoms with Crippen LogP contribution in [0, 0.1) is 5.82 Å². The first-order chi connectivity index (χ1) is 16.1. The lowest BCUT2D eigenvalue weighted by molar-refractivity contribution is -0.122. The fourth-order valence-electron chi connectivity index (χ4n) is 2.87. The molecule has 9 heteroatoms. The number of nitrogens with one attached hydrogen (secondary N) is 3. The fraction of sp³-hybridized carbons (Fsp3) is 0.0833. The summed E-state index contributed by atoms with van der Waals surface area (Å²) < 4.78 is 19.1. The van der Waals surface area contributed by atoms with Gasteiger partial charge in [-0.2, -0.15) is 0 Å². The molecule has 2 heterocycles. The van der Waals surface area contributed by atoms with Crippen molar-refractivity contribution in [3.63, 3.8) is 0 Å². The lowest BCUT2D eigenvalue weighted by Gasteiger charge is -2.15. The minimum absolute atomic E-state index is 0.0291. The molecule has 33 heavy (non-hydrogen) atoms. The molecule has 2 aromatic heterocycles. The molecule has 0 bridgehead atoms. The van der Waals surface area contributed by atoms with Gasteiger partial charge in [-0.05, 0) is 55.5 Å². The van der Waals surface area contributed by atoms with Gasteiger partial charge in [0.05, 0.1) is 0 Å². The van der Waals surface area contributed by atoms with Crippen LogP contribution in [0.2, 0.25) is 0 Å². The van der Waals surface area contributed by atoms with E-state index in [2.05, 4.69) is 30.9 Å². The Balaban J connectivity index is 1.34. The Bertz CT molecular complexity index is 1220. The maximum absolute atomic E-state index is 13.7. The van der Waals surface area contributed by atoms with Gasteiger partial charge in [0.2, 0.25) is 0 Å². The molecule has 0 saturated heterocycles. The number of carbonyl (C=O) groups excluding carboxylic acids is 1. The number of halogens is 1. The second kappa shape index (κ2) is 10.2. The van der Waals surface area contributed by atoms with Gasteiger partial charge in [0.1, 0.15) is 23.8 Å². The highest BCUT2D eigenvalue weighted by atomic mass is 19.1. The molecule has 0 aliphatic carbocycles. The van der Waals surface area contributed by atoms with Crippen LogP contribution in [0.4, 0.5) is 33.2 Å². The minimum Gasteiger partial charge on any atom is -0.478 e. The molecule has 8 nitrogen and oxygen atoms in total. The van der Waals surface area contributed by atoms with E-state index in [9.17, 15) is 9.18 Å². The number of hydrogen-bond donors (Lipinski definition) is 3. The van der Waals surface area contributed by atoms with Crippen molar-refractivity contribution >= 4 is 34.7 Å². The van der Waals surface area contributed by atoms with E-state index in [0.717, 1.165) is 5.69 Å². The summed E-state index contributed by atoms with van der Waals surface area (Å²) >= 11 is 0. The summed E-state index contributed by atoms with van der Waals surface area (Å²) in [6.07, 6.45) is 2.26. The smallest absolute Gasteiger partial charge is 0.265 e. The fourth-order valence-corrected chi connectivity index (χ4v) is 2.87. The van der Waals surface area contributed by atoms with Gasteiger partial charge in [0.25, 0.3) is 5.91 Å². The number of para-hydroxylation sites is 1. The van der Waals surface area contributed by atoms with Gasteiger partial charge in [-0.3, -0.25) is 4.79 Å². The number of aromatic nitrogens is 3. The quantitative estimate of drug-likeness (QED) is 0.355.